The molecule has 0 spiro atoms. The molecular formula is C11H13BrO. The third kappa shape index (κ3) is 2.25. The second kappa shape index (κ2) is 4.14. The standard InChI is InChI=1S/C11H13BrO/c12-10-5-6-11-9(8-10)4-2-1-3-7-13-11/h5-6,8H,1-4,7H2. The molecule has 0 radical (unpaired) electrons. The number of ether oxygens (including phenoxy) is 1. The first kappa shape index (κ1) is 9.07. The topological polar surface area (TPSA) is 9.23 Å². The highest BCUT2D eigenvalue weighted by Gasteiger charge is 2.07. The first-order valence-corrected chi connectivity index (χ1v) is 5.57. The quantitative estimate of drug-likeness (QED) is 0.674. The number of rotatable bonds is 0. The molecule has 0 aromatic heterocycles. The molecule has 0 saturated heterocycles. The molecule has 0 N–H and O–H groups in total. The lowest BCUT2D eigenvalue weighted by molar-refractivity contribution is 0.294. The number of halogens is 1. The molecular weight excluding hydrogens is 228 g/mol. The minimum absolute atomic E-state index is 0.870. The van der Waals surface area contributed by atoms with Gasteiger partial charge in [0.05, 0.1) is 6.61 Å². The van der Waals surface area contributed by atoms with Gasteiger partial charge in [0.15, 0.2) is 0 Å². The summed E-state index contributed by atoms with van der Waals surface area (Å²) < 4.78 is 6.81. The third-order valence-corrected chi connectivity index (χ3v) is 2.86. The van der Waals surface area contributed by atoms with Gasteiger partial charge in [-0.2, -0.15) is 0 Å². The van der Waals surface area contributed by atoms with Gasteiger partial charge in [-0.3, -0.25) is 0 Å². The lowest BCUT2D eigenvalue weighted by Gasteiger charge is -2.15. The van der Waals surface area contributed by atoms with Crippen molar-refractivity contribution >= 4 is 15.9 Å². The molecule has 13 heavy (non-hydrogen) atoms. The van der Waals surface area contributed by atoms with Crippen molar-refractivity contribution in [3.63, 3.8) is 0 Å². The molecule has 0 saturated carbocycles. The van der Waals surface area contributed by atoms with Crippen LogP contribution in [0, 0.1) is 0 Å². The average molecular weight is 241 g/mol. The molecule has 2 rings (SSSR count). The highest BCUT2D eigenvalue weighted by atomic mass is 79.9. The molecule has 1 aromatic rings. The maximum absolute atomic E-state index is 5.66. The smallest absolute Gasteiger partial charge is 0.122 e. The number of fused-ring (bicyclic) bond motifs is 1. The van der Waals surface area contributed by atoms with Gasteiger partial charge in [0.2, 0.25) is 0 Å². The van der Waals surface area contributed by atoms with Crippen LogP contribution in [0.1, 0.15) is 24.8 Å². The summed E-state index contributed by atoms with van der Waals surface area (Å²) in [4.78, 5) is 0. The Hall–Kier alpha value is -0.500. The van der Waals surface area contributed by atoms with E-state index in [9.17, 15) is 0 Å². The second-order valence-corrected chi connectivity index (χ2v) is 4.33. The Labute approximate surface area is 87.2 Å². The van der Waals surface area contributed by atoms with Gasteiger partial charge in [-0.05, 0) is 49.4 Å². The third-order valence-electron chi connectivity index (χ3n) is 2.37. The Kier molecular flexibility index (Phi) is 2.89. The molecule has 1 heterocycles. The Morgan fingerprint density at radius 1 is 1.15 bits per heavy atom. The van der Waals surface area contributed by atoms with Crippen molar-refractivity contribution < 1.29 is 4.74 Å². The normalized spacial score (nSPS) is 16.7. The first-order chi connectivity index (χ1) is 6.36. The summed E-state index contributed by atoms with van der Waals surface area (Å²) in [5, 5.41) is 0. The van der Waals surface area contributed by atoms with Crippen LogP contribution in [0.25, 0.3) is 0 Å². The fourth-order valence-electron chi connectivity index (χ4n) is 1.66. The second-order valence-electron chi connectivity index (χ2n) is 3.41. The molecule has 70 valence electrons. The number of hydrogen-bond donors (Lipinski definition) is 0. The summed E-state index contributed by atoms with van der Waals surface area (Å²) >= 11 is 3.48. The summed E-state index contributed by atoms with van der Waals surface area (Å²) in [6.07, 6.45) is 4.91. The minimum Gasteiger partial charge on any atom is -0.493 e. The van der Waals surface area contributed by atoms with Crippen LogP contribution in [0.4, 0.5) is 0 Å². The lowest BCUT2D eigenvalue weighted by Crippen LogP contribution is -2.04. The van der Waals surface area contributed by atoms with E-state index in [4.69, 9.17) is 4.74 Å². The molecule has 0 amide bonds. The van der Waals surface area contributed by atoms with Gasteiger partial charge in [0.1, 0.15) is 5.75 Å². The van der Waals surface area contributed by atoms with Crippen molar-refractivity contribution in [1.29, 1.82) is 0 Å². The van der Waals surface area contributed by atoms with Gasteiger partial charge in [0.25, 0.3) is 0 Å². The van der Waals surface area contributed by atoms with E-state index in [1.54, 1.807) is 0 Å². The maximum Gasteiger partial charge on any atom is 0.122 e. The molecule has 2 heteroatoms. The van der Waals surface area contributed by atoms with E-state index in [0.717, 1.165) is 23.2 Å². The molecule has 0 fully saturated rings. The van der Waals surface area contributed by atoms with Crippen molar-refractivity contribution in [3.8, 4) is 5.75 Å². The van der Waals surface area contributed by atoms with Crippen LogP contribution in [0.15, 0.2) is 22.7 Å². The van der Waals surface area contributed by atoms with E-state index in [0.29, 0.717) is 0 Å². The van der Waals surface area contributed by atoms with Gasteiger partial charge in [-0.15, -0.1) is 0 Å². The van der Waals surface area contributed by atoms with Crippen molar-refractivity contribution in [3.05, 3.63) is 28.2 Å². The molecule has 1 nitrogen and oxygen atoms in total. The average Bonchev–Trinajstić information content (AvgIpc) is 2.08. The van der Waals surface area contributed by atoms with E-state index in [1.807, 2.05) is 6.07 Å². The van der Waals surface area contributed by atoms with Gasteiger partial charge in [-0.25, -0.2) is 0 Å². The van der Waals surface area contributed by atoms with E-state index in [1.165, 1.54) is 24.8 Å². The lowest BCUT2D eigenvalue weighted by atomic mass is 10.0. The predicted octanol–water partition coefficient (Wildman–Crippen LogP) is 3.55. The van der Waals surface area contributed by atoms with Crippen molar-refractivity contribution in [2.24, 2.45) is 0 Å². The minimum atomic E-state index is 0.870. The zero-order valence-corrected chi connectivity index (χ0v) is 9.14. The van der Waals surface area contributed by atoms with E-state index in [2.05, 4.69) is 28.1 Å². The molecule has 0 atom stereocenters. The van der Waals surface area contributed by atoms with Gasteiger partial charge in [0, 0.05) is 4.47 Å². The van der Waals surface area contributed by atoms with Crippen molar-refractivity contribution in [2.75, 3.05) is 6.61 Å². The maximum atomic E-state index is 5.66. The number of benzene rings is 1. The Bertz CT molecular complexity index is 296. The molecule has 1 aliphatic heterocycles. The molecule has 1 aliphatic rings. The Morgan fingerprint density at radius 2 is 2.08 bits per heavy atom. The van der Waals surface area contributed by atoms with E-state index < -0.39 is 0 Å². The van der Waals surface area contributed by atoms with Crippen LogP contribution in [-0.4, -0.2) is 6.61 Å². The molecule has 0 aliphatic carbocycles. The molecule has 0 bridgehead atoms. The monoisotopic (exact) mass is 240 g/mol. The zero-order valence-electron chi connectivity index (χ0n) is 7.55. The van der Waals surface area contributed by atoms with Crippen LogP contribution in [0.2, 0.25) is 0 Å². The highest BCUT2D eigenvalue weighted by Crippen LogP contribution is 2.26. The van der Waals surface area contributed by atoms with Crippen LogP contribution >= 0.6 is 15.9 Å². The Morgan fingerprint density at radius 3 is 3.00 bits per heavy atom. The zero-order chi connectivity index (χ0) is 9.10. The number of aryl methyl sites for hydroxylation is 1. The Balaban J connectivity index is 2.28. The largest absolute Gasteiger partial charge is 0.493 e. The summed E-state index contributed by atoms with van der Waals surface area (Å²) in [7, 11) is 0. The van der Waals surface area contributed by atoms with Crippen molar-refractivity contribution in [2.45, 2.75) is 25.7 Å². The summed E-state index contributed by atoms with van der Waals surface area (Å²) in [5.41, 5.74) is 1.34. The highest BCUT2D eigenvalue weighted by molar-refractivity contribution is 9.10. The number of hydrogen-bond acceptors (Lipinski definition) is 1. The van der Waals surface area contributed by atoms with Crippen LogP contribution in [0.3, 0.4) is 0 Å². The fourth-order valence-corrected chi connectivity index (χ4v) is 2.07. The van der Waals surface area contributed by atoms with E-state index >= 15 is 0 Å². The van der Waals surface area contributed by atoms with Gasteiger partial charge >= 0.3 is 0 Å². The van der Waals surface area contributed by atoms with Gasteiger partial charge in [-0.1, -0.05) is 15.9 Å². The molecule has 0 unspecified atom stereocenters. The first-order valence-electron chi connectivity index (χ1n) is 4.77. The van der Waals surface area contributed by atoms with Crippen LogP contribution < -0.4 is 4.74 Å². The fraction of sp³-hybridized carbons (Fsp3) is 0.455. The summed E-state index contributed by atoms with van der Waals surface area (Å²) in [6, 6.07) is 6.27. The SMILES string of the molecule is Brc1ccc2c(c1)CCCCCO2. The van der Waals surface area contributed by atoms with Crippen LogP contribution in [0.5, 0.6) is 5.75 Å². The molecule has 1 aromatic carbocycles. The van der Waals surface area contributed by atoms with Crippen molar-refractivity contribution in [1.82, 2.24) is 0 Å². The van der Waals surface area contributed by atoms with Gasteiger partial charge < -0.3 is 4.74 Å². The van der Waals surface area contributed by atoms with E-state index in [-0.39, 0.29) is 0 Å². The summed E-state index contributed by atoms with van der Waals surface area (Å²) in [6.45, 7) is 0.870. The van der Waals surface area contributed by atoms with Crippen LogP contribution in [-0.2, 0) is 6.42 Å². The predicted molar refractivity (Wildman–Crippen MR) is 57.2 cm³/mol. The summed E-state index contributed by atoms with van der Waals surface area (Å²) in [5.74, 6) is 1.07.